The fraction of sp³-hybridized carbons (Fsp3) is 0.679. The number of ether oxygens (including phenoxy) is 1. The third-order valence-electron chi connectivity index (χ3n) is 9.01. The van der Waals surface area contributed by atoms with Gasteiger partial charge in [0.15, 0.2) is 0 Å². The van der Waals surface area contributed by atoms with Crippen LogP contribution in [0.3, 0.4) is 0 Å². The predicted molar refractivity (Wildman–Crippen MR) is 135 cm³/mol. The third kappa shape index (κ3) is 3.93. The maximum atomic E-state index is 12.5. The average Bonchev–Trinajstić information content (AvgIpc) is 3.17. The Morgan fingerprint density at radius 1 is 1.18 bits per heavy atom. The number of piperidine rings is 1. The maximum absolute atomic E-state index is 12.5. The van der Waals surface area contributed by atoms with E-state index in [0.717, 1.165) is 50.7 Å². The smallest absolute Gasteiger partial charge is 0.222 e. The summed E-state index contributed by atoms with van der Waals surface area (Å²) in [7, 11) is 3.87. The van der Waals surface area contributed by atoms with Gasteiger partial charge in [0.2, 0.25) is 5.91 Å². The molecule has 1 N–H and O–H groups in total. The molecule has 2 fully saturated rings. The van der Waals surface area contributed by atoms with E-state index >= 15 is 0 Å². The number of aromatic nitrogens is 1. The van der Waals surface area contributed by atoms with E-state index in [9.17, 15) is 9.90 Å². The van der Waals surface area contributed by atoms with Crippen LogP contribution in [0, 0.1) is 5.92 Å². The van der Waals surface area contributed by atoms with Gasteiger partial charge in [0, 0.05) is 62.2 Å². The minimum absolute atomic E-state index is 0.00822. The van der Waals surface area contributed by atoms with Gasteiger partial charge >= 0.3 is 0 Å². The summed E-state index contributed by atoms with van der Waals surface area (Å²) in [5.41, 5.74) is 3.86. The number of carbonyl (C=O) groups is 1. The third-order valence-corrected chi connectivity index (χ3v) is 9.01. The zero-order valence-electron chi connectivity index (χ0n) is 21.2. The Bertz CT molecular complexity index is 1030. The molecule has 3 aliphatic rings. The lowest BCUT2D eigenvalue weighted by atomic mass is 9.68. The molecule has 6 nitrogen and oxygen atoms in total. The SMILES string of the molecule is CCC(=O)N1CCC2(CC1)CN(CC1CCCCC1)[C@H](CO)c1c2c2ccc(OC)cc2n1C. The van der Waals surface area contributed by atoms with Gasteiger partial charge in [-0.15, -0.1) is 0 Å². The van der Waals surface area contributed by atoms with Crippen LogP contribution >= 0.6 is 0 Å². The first-order valence-electron chi connectivity index (χ1n) is 13.3. The van der Waals surface area contributed by atoms with Gasteiger partial charge in [-0.25, -0.2) is 0 Å². The van der Waals surface area contributed by atoms with Crippen LogP contribution in [0.2, 0.25) is 0 Å². The zero-order chi connectivity index (χ0) is 23.9. The quantitative estimate of drug-likeness (QED) is 0.709. The van der Waals surface area contributed by atoms with Gasteiger partial charge in [0.1, 0.15) is 5.75 Å². The number of likely N-dealkylation sites (tertiary alicyclic amines) is 1. The fourth-order valence-corrected chi connectivity index (χ4v) is 7.17. The van der Waals surface area contributed by atoms with Gasteiger partial charge in [-0.1, -0.05) is 26.2 Å². The van der Waals surface area contributed by atoms with Crippen LogP contribution in [0.25, 0.3) is 10.9 Å². The molecule has 34 heavy (non-hydrogen) atoms. The number of aliphatic hydroxyl groups is 1. The first kappa shape index (κ1) is 23.7. The van der Waals surface area contributed by atoms with Crippen molar-refractivity contribution >= 4 is 16.8 Å². The molecule has 1 saturated carbocycles. The second-order valence-corrected chi connectivity index (χ2v) is 10.8. The molecule has 1 aromatic carbocycles. The summed E-state index contributed by atoms with van der Waals surface area (Å²) in [6.07, 6.45) is 9.18. The largest absolute Gasteiger partial charge is 0.497 e. The molecule has 6 heteroatoms. The zero-order valence-corrected chi connectivity index (χ0v) is 21.2. The van der Waals surface area contributed by atoms with Gasteiger partial charge < -0.3 is 19.3 Å². The lowest BCUT2D eigenvalue weighted by Crippen LogP contribution is -2.55. The molecule has 3 heterocycles. The number of rotatable bonds is 5. The Labute approximate surface area is 203 Å². The molecule has 186 valence electrons. The summed E-state index contributed by atoms with van der Waals surface area (Å²) in [5, 5.41) is 12.0. The number of methoxy groups -OCH3 is 1. The second-order valence-electron chi connectivity index (χ2n) is 10.8. The maximum Gasteiger partial charge on any atom is 0.222 e. The van der Waals surface area contributed by atoms with Gasteiger partial charge in [-0.3, -0.25) is 9.69 Å². The van der Waals surface area contributed by atoms with Crippen molar-refractivity contribution in [3.8, 4) is 5.75 Å². The molecule has 0 bridgehead atoms. The summed E-state index contributed by atoms with van der Waals surface area (Å²) in [6.45, 7) is 5.77. The van der Waals surface area contributed by atoms with Crippen LogP contribution in [0.5, 0.6) is 5.75 Å². The molecule has 5 rings (SSSR count). The van der Waals surface area contributed by atoms with Crippen molar-refractivity contribution < 1.29 is 14.6 Å². The summed E-state index contributed by atoms with van der Waals surface area (Å²) in [4.78, 5) is 17.1. The number of fused-ring (bicyclic) bond motifs is 4. The summed E-state index contributed by atoms with van der Waals surface area (Å²) >= 11 is 0. The molecule has 0 radical (unpaired) electrons. The van der Waals surface area contributed by atoms with Crippen LogP contribution in [0.15, 0.2) is 18.2 Å². The van der Waals surface area contributed by atoms with Crippen molar-refractivity contribution in [1.82, 2.24) is 14.4 Å². The summed E-state index contributed by atoms with van der Waals surface area (Å²) < 4.78 is 7.87. The molecule has 2 aromatic rings. The Kier molecular flexibility index (Phi) is 6.64. The van der Waals surface area contributed by atoms with Gasteiger partial charge in [0.25, 0.3) is 0 Å². The van der Waals surface area contributed by atoms with E-state index in [2.05, 4.69) is 39.6 Å². The van der Waals surface area contributed by atoms with E-state index in [1.165, 1.54) is 54.3 Å². The van der Waals surface area contributed by atoms with Gasteiger partial charge in [-0.05, 0) is 49.3 Å². The van der Waals surface area contributed by atoms with E-state index in [4.69, 9.17) is 4.74 Å². The number of aliphatic hydroxyl groups excluding tert-OH is 1. The van der Waals surface area contributed by atoms with E-state index in [0.29, 0.717) is 6.42 Å². The standard InChI is InChI=1S/C28H41N3O3/c1-4-25(33)30-14-12-28(13-15-30)19-31(17-20-8-6-5-7-9-20)24(18-32)27-26(28)22-11-10-21(34-3)16-23(22)29(27)2/h10-11,16,20,24,32H,4-9,12-15,17-19H2,1-3H3/t24-/m1/s1. The van der Waals surface area contributed by atoms with Crippen molar-refractivity contribution in [1.29, 1.82) is 0 Å². The average molecular weight is 468 g/mol. The first-order chi connectivity index (χ1) is 16.5. The van der Waals surface area contributed by atoms with Crippen LogP contribution < -0.4 is 4.74 Å². The van der Waals surface area contributed by atoms with E-state index < -0.39 is 0 Å². The van der Waals surface area contributed by atoms with Crippen molar-refractivity contribution in [2.45, 2.75) is 69.7 Å². The molecule has 1 spiro atoms. The number of aryl methyl sites for hydroxylation is 1. The lowest BCUT2D eigenvalue weighted by Gasteiger charge is -2.51. The number of nitrogens with zero attached hydrogens (tertiary/aromatic N) is 3. The number of hydrogen-bond acceptors (Lipinski definition) is 4. The van der Waals surface area contributed by atoms with Gasteiger partial charge in [0.05, 0.1) is 25.3 Å². The Morgan fingerprint density at radius 3 is 2.56 bits per heavy atom. The molecule has 1 saturated heterocycles. The Balaban J connectivity index is 1.60. The topological polar surface area (TPSA) is 57.9 Å². The molecule has 1 aliphatic carbocycles. The Hall–Kier alpha value is -2.05. The molecule has 1 aromatic heterocycles. The van der Waals surface area contributed by atoms with Crippen LogP contribution in [0.4, 0.5) is 0 Å². The highest BCUT2D eigenvalue weighted by atomic mass is 16.5. The highest BCUT2D eigenvalue weighted by Gasteiger charge is 2.48. The molecule has 1 atom stereocenters. The van der Waals surface area contributed by atoms with Crippen molar-refractivity contribution in [2.24, 2.45) is 13.0 Å². The first-order valence-corrected chi connectivity index (χ1v) is 13.3. The minimum Gasteiger partial charge on any atom is -0.497 e. The van der Waals surface area contributed by atoms with Crippen LogP contribution in [-0.2, 0) is 17.3 Å². The van der Waals surface area contributed by atoms with Crippen molar-refractivity contribution in [2.75, 3.05) is 39.9 Å². The normalized spacial score (nSPS) is 23.4. The van der Waals surface area contributed by atoms with E-state index in [1.807, 2.05) is 6.92 Å². The molecule has 1 amide bonds. The highest BCUT2D eigenvalue weighted by molar-refractivity contribution is 5.88. The van der Waals surface area contributed by atoms with Crippen molar-refractivity contribution in [3.63, 3.8) is 0 Å². The van der Waals surface area contributed by atoms with E-state index in [1.54, 1.807) is 7.11 Å². The monoisotopic (exact) mass is 467 g/mol. The van der Waals surface area contributed by atoms with Crippen LogP contribution in [-0.4, -0.2) is 65.3 Å². The number of hydrogen-bond donors (Lipinski definition) is 1. The Morgan fingerprint density at radius 2 is 1.91 bits per heavy atom. The van der Waals surface area contributed by atoms with Gasteiger partial charge in [-0.2, -0.15) is 0 Å². The number of carbonyl (C=O) groups excluding carboxylic acids is 1. The summed E-state index contributed by atoms with van der Waals surface area (Å²) in [6, 6.07) is 6.43. The van der Waals surface area contributed by atoms with E-state index in [-0.39, 0.29) is 24.0 Å². The second kappa shape index (κ2) is 9.54. The van der Waals surface area contributed by atoms with Crippen molar-refractivity contribution in [3.05, 3.63) is 29.5 Å². The fourth-order valence-electron chi connectivity index (χ4n) is 7.17. The molecular weight excluding hydrogens is 426 g/mol. The molecular formula is C28H41N3O3. The number of amides is 1. The minimum atomic E-state index is 0.00822. The predicted octanol–water partition coefficient (Wildman–Crippen LogP) is 4.39. The number of benzene rings is 1. The molecule has 2 aliphatic heterocycles. The highest BCUT2D eigenvalue weighted by Crippen LogP contribution is 2.50. The van der Waals surface area contributed by atoms with Crippen LogP contribution in [0.1, 0.15) is 75.6 Å². The molecule has 0 unspecified atom stereocenters. The lowest BCUT2D eigenvalue weighted by molar-refractivity contribution is -0.132. The summed E-state index contributed by atoms with van der Waals surface area (Å²) in [5.74, 6) is 1.85.